The second-order valence-corrected chi connectivity index (χ2v) is 9.64. The van der Waals surface area contributed by atoms with Gasteiger partial charge < -0.3 is 14.7 Å². The lowest BCUT2D eigenvalue weighted by atomic mass is 10.2. The third kappa shape index (κ3) is 6.20. The van der Waals surface area contributed by atoms with E-state index in [1.807, 2.05) is 24.3 Å². The minimum Gasteiger partial charge on any atom is -0.478 e. The molecule has 1 aliphatic rings. The van der Waals surface area contributed by atoms with E-state index in [1.165, 1.54) is 36.5 Å². The number of nitrogens with one attached hydrogen (secondary N) is 2. The van der Waals surface area contributed by atoms with Crippen molar-refractivity contribution in [3.8, 4) is 0 Å². The van der Waals surface area contributed by atoms with Crippen LogP contribution in [0.3, 0.4) is 0 Å². The minimum absolute atomic E-state index is 0.0175. The molecule has 4 rings (SSSR count). The molecule has 1 aliphatic heterocycles. The van der Waals surface area contributed by atoms with Gasteiger partial charge >= 0.3 is 5.97 Å². The third-order valence-electron chi connectivity index (χ3n) is 5.55. The predicted molar refractivity (Wildman–Crippen MR) is 138 cm³/mol. The van der Waals surface area contributed by atoms with Gasteiger partial charge in [-0.2, -0.15) is 5.10 Å². The lowest BCUT2D eigenvalue weighted by Crippen LogP contribution is -2.36. The topological polar surface area (TPSA) is 163 Å². The molecule has 1 heterocycles. The molecule has 0 bridgehead atoms. The molecular weight excluding hydrogens is 502 g/mol. The second-order valence-electron chi connectivity index (χ2n) is 7.95. The van der Waals surface area contributed by atoms with Crippen LogP contribution in [0.5, 0.6) is 0 Å². The van der Waals surface area contributed by atoms with Gasteiger partial charge in [0, 0.05) is 24.8 Å². The van der Waals surface area contributed by atoms with Crippen LogP contribution in [0.25, 0.3) is 0 Å². The molecule has 0 amide bonds. The number of carboxylic acids is 1. The number of morpholine rings is 1. The molecule has 0 aliphatic carbocycles. The number of nitro benzene ring substituents is 1. The summed E-state index contributed by atoms with van der Waals surface area (Å²) in [6, 6.07) is 16.3. The van der Waals surface area contributed by atoms with Crippen molar-refractivity contribution in [2.75, 3.05) is 41.4 Å². The number of carboxylic acid groups (broad SMARTS) is 1. The van der Waals surface area contributed by atoms with Gasteiger partial charge in [-0.1, -0.05) is 24.3 Å². The van der Waals surface area contributed by atoms with Gasteiger partial charge in [-0.05, 0) is 42.0 Å². The van der Waals surface area contributed by atoms with Gasteiger partial charge in [-0.25, -0.2) is 13.2 Å². The van der Waals surface area contributed by atoms with E-state index in [1.54, 1.807) is 0 Å². The number of nitrogens with zero attached hydrogens (tertiary/aromatic N) is 3. The van der Waals surface area contributed by atoms with E-state index in [2.05, 4.69) is 20.1 Å². The van der Waals surface area contributed by atoms with Crippen LogP contribution in [0.15, 0.2) is 76.7 Å². The van der Waals surface area contributed by atoms with Crippen LogP contribution in [0.4, 0.5) is 22.7 Å². The molecule has 37 heavy (non-hydrogen) atoms. The van der Waals surface area contributed by atoms with Gasteiger partial charge in [0.05, 0.1) is 40.5 Å². The van der Waals surface area contributed by atoms with Gasteiger partial charge in [-0.3, -0.25) is 20.3 Å². The number of anilines is 3. The third-order valence-corrected chi connectivity index (χ3v) is 6.91. The zero-order valence-corrected chi connectivity index (χ0v) is 20.2. The maximum atomic E-state index is 12.8. The van der Waals surface area contributed by atoms with E-state index >= 15 is 0 Å². The number of sulfonamides is 1. The Morgan fingerprint density at radius 3 is 2.43 bits per heavy atom. The Morgan fingerprint density at radius 1 is 1.05 bits per heavy atom. The lowest BCUT2D eigenvalue weighted by Gasteiger charge is -2.28. The molecule has 0 spiro atoms. The summed E-state index contributed by atoms with van der Waals surface area (Å²) in [5.41, 5.74) is 3.44. The first-order chi connectivity index (χ1) is 17.7. The van der Waals surface area contributed by atoms with Crippen LogP contribution in [0, 0.1) is 10.1 Å². The van der Waals surface area contributed by atoms with Crippen LogP contribution >= 0.6 is 0 Å². The molecule has 3 aromatic carbocycles. The number of hydrogen-bond acceptors (Lipinski definition) is 9. The highest BCUT2D eigenvalue weighted by Crippen LogP contribution is 2.29. The van der Waals surface area contributed by atoms with Crippen LogP contribution in [-0.2, 0) is 14.8 Å². The van der Waals surface area contributed by atoms with Crippen LogP contribution in [0.1, 0.15) is 15.9 Å². The Bertz CT molecular complexity index is 1440. The highest BCUT2D eigenvalue weighted by Gasteiger charge is 2.23. The summed E-state index contributed by atoms with van der Waals surface area (Å²) < 4.78 is 33.2. The van der Waals surface area contributed by atoms with Gasteiger partial charge in [0.2, 0.25) is 0 Å². The highest BCUT2D eigenvalue weighted by molar-refractivity contribution is 7.92. The SMILES string of the molecule is O=C(O)c1ccccc1NS(=O)(=O)c1ccc(N/N=C/c2ccc(N3CCOCC3)cc2)c([N+](=O)[O-])c1. The molecule has 12 nitrogen and oxygen atoms in total. The summed E-state index contributed by atoms with van der Waals surface area (Å²) >= 11 is 0. The molecule has 0 unspecified atom stereocenters. The van der Waals surface area contributed by atoms with Crippen molar-refractivity contribution in [2.45, 2.75) is 4.90 Å². The first-order valence-electron chi connectivity index (χ1n) is 11.1. The van der Waals surface area contributed by atoms with Crippen LogP contribution in [0.2, 0.25) is 0 Å². The Labute approximate surface area is 212 Å². The van der Waals surface area contributed by atoms with Crippen molar-refractivity contribution in [1.82, 2.24) is 0 Å². The highest BCUT2D eigenvalue weighted by atomic mass is 32.2. The number of hydrogen-bond donors (Lipinski definition) is 3. The number of aromatic carboxylic acids is 1. The smallest absolute Gasteiger partial charge is 0.337 e. The molecular formula is C24H23N5O7S. The zero-order chi connectivity index (χ0) is 26.4. The Balaban J connectivity index is 1.49. The molecule has 192 valence electrons. The first-order valence-corrected chi connectivity index (χ1v) is 12.6. The van der Waals surface area contributed by atoms with Gasteiger partial charge in [-0.15, -0.1) is 0 Å². The normalized spacial score (nSPS) is 13.9. The summed E-state index contributed by atoms with van der Waals surface area (Å²) in [4.78, 5) is 24.1. The quantitative estimate of drug-likeness (QED) is 0.216. The van der Waals surface area contributed by atoms with E-state index in [-0.39, 0.29) is 16.9 Å². The number of rotatable bonds is 9. The largest absolute Gasteiger partial charge is 0.478 e. The van der Waals surface area contributed by atoms with Crippen LogP contribution < -0.4 is 15.0 Å². The van der Waals surface area contributed by atoms with E-state index < -0.39 is 31.5 Å². The van der Waals surface area contributed by atoms with Crippen LogP contribution in [-0.4, -0.2) is 56.9 Å². The zero-order valence-electron chi connectivity index (χ0n) is 19.4. The molecule has 0 radical (unpaired) electrons. The second kappa shape index (κ2) is 11.1. The molecule has 1 fully saturated rings. The fourth-order valence-corrected chi connectivity index (χ4v) is 4.75. The predicted octanol–water partition coefficient (Wildman–Crippen LogP) is 3.38. The van der Waals surface area contributed by atoms with Crippen molar-refractivity contribution in [3.63, 3.8) is 0 Å². The van der Waals surface area contributed by atoms with Gasteiger partial charge in [0.15, 0.2) is 0 Å². The summed E-state index contributed by atoms with van der Waals surface area (Å²) in [6.07, 6.45) is 1.49. The fourth-order valence-electron chi connectivity index (χ4n) is 3.66. The Kier molecular flexibility index (Phi) is 7.65. The summed E-state index contributed by atoms with van der Waals surface area (Å²) in [6.45, 7) is 2.98. The van der Waals surface area contributed by atoms with Gasteiger partial charge in [0.25, 0.3) is 15.7 Å². The maximum Gasteiger partial charge on any atom is 0.337 e. The lowest BCUT2D eigenvalue weighted by molar-refractivity contribution is -0.384. The molecule has 0 saturated carbocycles. The van der Waals surface area contributed by atoms with E-state index in [0.717, 1.165) is 36.5 Å². The van der Waals surface area contributed by atoms with E-state index in [0.29, 0.717) is 13.2 Å². The Hall–Kier alpha value is -4.49. The first kappa shape index (κ1) is 25.6. The molecule has 1 saturated heterocycles. The molecule has 0 atom stereocenters. The Morgan fingerprint density at radius 2 is 1.76 bits per heavy atom. The average molecular weight is 526 g/mol. The summed E-state index contributed by atoms with van der Waals surface area (Å²) in [5.74, 6) is -1.32. The number of para-hydroxylation sites is 1. The van der Waals surface area contributed by atoms with E-state index in [9.17, 15) is 28.4 Å². The van der Waals surface area contributed by atoms with Crippen molar-refractivity contribution in [2.24, 2.45) is 5.10 Å². The summed E-state index contributed by atoms with van der Waals surface area (Å²) in [7, 11) is -4.31. The average Bonchev–Trinajstić information content (AvgIpc) is 2.89. The molecule has 3 N–H and O–H groups in total. The summed E-state index contributed by atoms with van der Waals surface area (Å²) in [5, 5.41) is 24.9. The number of benzene rings is 3. The van der Waals surface area contributed by atoms with E-state index in [4.69, 9.17) is 4.74 Å². The fraction of sp³-hybridized carbons (Fsp3) is 0.167. The monoisotopic (exact) mass is 525 g/mol. The maximum absolute atomic E-state index is 12.8. The number of ether oxygens (including phenoxy) is 1. The molecule has 0 aromatic heterocycles. The molecule has 13 heteroatoms. The molecule has 3 aromatic rings. The van der Waals surface area contributed by atoms with Crippen molar-refractivity contribution < 1.29 is 28.0 Å². The number of hydrazone groups is 1. The van der Waals surface area contributed by atoms with Crippen molar-refractivity contribution in [3.05, 3.63) is 88.0 Å². The number of nitro groups is 1. The van der Waals surface area contributed by atoms with Crippen molar-refractivity contribution >= 4 is 45.0 Å². The van der Waals surface area contributed by atoms with Gasteiger partial charge in [0.1, 0.15) is 5.69 Å². The standard InChI is InChI=1S/C24H23N5O7S/c30-24(31)20-3-1-2-4-21(20)27-37(34,35)19-9-10-22(23(15-19)29(32)33)26-25-16-17-5-7-18(8-6-17)28-11-13-36-14-12-28/h1-10,15-16,26-27H,11-14H2,(H,30,31)/b25-16+. The van der Waals surface area contributed by atoms with Crippen molar-refractivity contribution in [1.29, 1.82) is 0 Å². The number of carbonyl (C=O) groups is 1. The minimum atomic E-state index is -4.31.